The number of hydrogen-bond acceptors (Lipinski definition) is 2. The molecule has 2 saturated carbocycles. The van der Waals surface area contributed by atoms with Gasteiger partial charge in [0.05, 0.1) is 0 Å². The third-order valence-electron chi connectivity index (χ3n) is 4.60. The summed E-state index contributed by atoms with van der Waals surface area (Å²) in [5.41, 5.74) is 0.818. The van der Waals surface area contributed by atoms with Crippen molar-refractivity contribution in [1.82, 2.24) is 10.6 Å². The number of fused-ring (bicyclic) bond motifs is 1. The lowest BCUT2D eigenvalue weighted by Gasteiger charge is -2.21. The molecule has 0 aromatic heterocycles. The fourth-order valence-corrected chi connectivity index (χ4v) is 3.10. The topological polar surface area (TPSA) is 24.1 Å². The molecule has 2 heteroatoms. The number of nitrogens with one attached hydrogen (secondary N) is 2. The van der Waals surface area contributed by atoms with Gasteiger partial charge in [0.1, 0.15) is 0 Å². The molecule has 86 valence electrons. The summed E-state index contributed by atoms with van der Waals surface area (Å²) in [4.78, 5) is 0. The lowest BCUT2D eigenvalue weighted by molar-refractivity contribution is 0.358. The van der Waals surface area contributed by atoms with Gasteiger partial charge in [-0.15, -0.1) is 0 Å². The van der Waals surface area contributed by atoms with Crippen molar-refractivity contribution in [2.45, 2.75) is 51.0 Å². The zero-order valence-corrected chi connectivity index (χ0v) is 9.73. The number of hydrogen-bond donors (Lipinski definition) is 2. The van der Waals surface area contributed by atoms with Crippen LogP contribution in [-0.2, 0) is 0 Å². The molecule has 0 amide bonds. The molecule has 4 fully saturated rings. The van der Waals surface area contributed by atoms with E-state index in [-0.39, 0.29) is 0 Å². The molecule has 0 aromatic rings. The average molecular weight is 208 g/mol. The van der Waals surface area contributed by atoms with Crippen LogP contribution in [0.1, 0.15) is 44.9 Å². The van der Waals surface area contributed by atoms with Crippen LogP contribution in [0.4, 0.5) is 0 Å². The van der Waals surface area contributed by atoms with Crippen LogP contribution in [0, 0.1) is 11.3 Å². The van der Waals surface area contributed by atoms with Gasteiger partial charge in [0, 0.05) is 12.6 Å². The minimum absolute atomic E-state index is 0.818. The van der Waals surface area contributed by atoms with Crippen molar-refractivity contribution in [1.29, 1.82) is 0 Å². The molecule has 4 aliphatic rings. The Balaban J connectivity index is 0.0000000971. The largest absolute Gasteiger partial charge is 0.316 e. The van der Waals surface area contributed by atoms with Gasteiger partial charge in [0.2, 0.25) is 0 Å². The van der Waals surface area contributed by atoms with Gasteiger partial charge in [-0.1, -0.05) is 0 Å². The molecule has 0 aromatic carbocycles. The van der Waals surface area contributed by atoms with E-state index in [1.807, 2.05) is 0 Å². The number of rotatable bonds is 0. The first-order chi connectivity index (χ1) is 7.38. The second-order valence-electron chi connectivity index (χ2n) is 5.98. The first kappa shape index (κ1) is 10.1. The minimum Gasteiger partial charge on any atom is -0.316 e. The normalized spacial score (nSPS) is 40.0. The summed E-state index contributed by atoms with van der Waals surface area (Å²) in [6.45, 7) is 3.86. The maximum atomic E-state index is 3.46. The Morgan fingerprint density at radius 3 is 2.40 bits per heavy atom. The smallest absolute Gasteiger partial charge is 0.00991 e. The van der Waals surface area contributed by atoms with Gasteiger partial charge < -0.3 is 10.6 Å². The van der Waals surface area contributed by atoms with Crippen molar-refractivity contribution in [3.8, 4) is 0 Å². The van der Waals surface area contributed by atoms with Gasteiger partial charge in [-0.25, -0.2) is 0 Å². The van der Waals surface area contributed by atoms with Gasteiger partial charge in [-0.3, -0.25) is 0 Å². The van der Waals surface area contributed by atoms with Crippen molar-refractivity contribution in [3.63, 3.8) is 0 Å². The van der Waals surface area contributed by atoms with Crippen LogP contribution in [0.25, 0.3) is 0 Å². The van der Waals surface area contributed by atoms with E-state index in [9.17, 15) is 0 Å². The molecule has 2 atom stereocenters. The lowest BCUT2D eigenvalue weighted by Crippen LogP contribution is -2.30. The predicted octanol–water partition coefficient (Wildman–Crippen LogP) is 1.91. The molecular weight excluding hydrogens is 184 g/mol. The highest BCUT2D eigenvalue weighted by Crippen LogP contribution is 2.50. The zero-order valence-electron chi connectivity index (χ0n) is 9.73. The van der Waals surface area contributed by atoms with Crippen LogP contribution in [0.2, 0.25) is 0 Å². The summed E-state index contributed by atoms with van der Waals surface area (Å²) in [6, 6.07) is 0.953. The summed E-state index contributed by atoms with van der Waals surface area (Å²) in [7, 11) is 0. The Morgan fingerprint density at radius 2 is 1.93 bits per heavy atom. The van der Waals surface area contributed by atoms with E-state index in [0.717, 1.165) is 17.4 Å². The Kier molecular flexibility index (Phi) is 2.73. The Morgan fingerprint density at radius 1 is 1.00 bits per heavy atom. The van der Waals surface area contributed by atoms with E-state index in [1.54, 1.807) is 0 Å². The van der Waals surface area contributed by atoms with Crippen molar-refractivity contribution >= 4 is 0 Å². The standard InChI is InChI=1S/C7H13N.C6H11N/c1-2-7(3-4-7)6-8-5-1;1-2-5-4-6(5)7-3-1/h8H,1-6H2;5-7H,1-4H2. The molecule has 4 rings (SSSR count). The molecule has 2 unspecified atom stereocenters. The van der Waals surface area contributed by atoms with Crippen molar-refractivity contribution in [3.05, 3.63) is 0 Å². The SMILES string of the molecule is C1CNC2CC2C1.C1CNCC2(C1)CC2. The average Bonchev–Trinajstić information content (AvgIpc) is 3.17. The maximum Gasteiger partial charge on any atom is 0.00991 e. The summed E-state index contributed by atoms with van der Waals surface area (Å²) in [6.07, 6.45) is 10.3. The minimum atomic E-state index is 0.818. The zero-order chi connectivity index (χ0) is 10.1. The van der Waals surface area contributed by atoms with E-state index in [1.165, 1.54) is 64.6 Å². The molecule has 2 nitrogen and oxygen atoms in total. The second kappa shape index (κ2) is 4.06. The summed E-state index contributed by atoms with van der Waals surface area (Å²) < 4.78 is 0. The molecule has 0 radical (unpaired) electrons. The van der Waals surface area contributed by atoms with Crippen molar-refractivity contribution in [2.24, 2.45) is 11.3 Å². The van der Waals surface area contributed by atoms with Crippen molar-refractivity contribution in [2.75, 3.05) is 19.6 Å². The van der Waals surface area contributed by atoms with Crippen LogP contribution in [0.3, 0.4) is 0 Å². The van der Waals surface area contributed by atoms with E-state index in [2.05, 4.69) is 10.6 Å². The first-order valence-corrected chi connectivity index (χ1v) is 6.82. The highest BCUT2D eigenvalue weighted by atomic mass is 15.0. The summed E-state index contributed by atoms with van der Waals surface area (Å²) >= 11 is 0. The van der Waals surface area contributed by atoms with Crippen LogP contribution >= 0.6 is 0 Å². The van der Waals surface area contributed by atoms with Crippen LogP contribution in [-0.4, -0.2) is 25.7 Å². The highest BCUT2D eigenvalue weighted by Gasteiger charge is 2.42. The number of piperidine rings is 2. The molecule has 2 heterocycles. The molecule has 2 saturated heterocycles. The Labute approximate surface area is 93.2 Å². The molecule has 1 spiro atoms. The summed E-state index contributed by atoms with van der Waals surface area (Å²) in [5.74, 6) is 1.09. The molecule has 2 N–H and O–H groups in total. The monoisotopic (exact) mass is 208 g/mol. The van der Waals surface area contributed by atoms with Gasteiger partial charge >= 0.3 is 0 Å². The van der Waals surface area contributed by atoms with Crippen LogP contribution in [0.15, 0.2) is 0 Å². The van der Waals surface area contributed by atoms with Crippen LogP contribution in [0.5, 0.6) is 0 Å². The maximum absolute atomic E-state index is 3.46. The molecular formula is C13H24N2. The Hall–Kier alpha value is -0.0800. The van der Waals surface area contributed by atoms with E-state index in [4.69, 9.17) is 0 Å². The molecule has 2 aliphatic heterocycles. The van der Waals surface area contributed by atoms with Gasteiger partial charge in [0.15, 0.2) is 0 Å². The fraction of sp³-hybridized carbons (Fsp3) is 1.00. The highest BCUT2D eigenvalue weighted by molar-refractivity contribution is 4.96. The predicted molar refractivity (Wildman–Crippen MR) is 62.9 cm³/mol. The lowest BCUT2D eigenvalue weighted by atomic mass is 9.97. The quantitative estimate of drug-likeness (QED) is 0.635. The van der Waals surface area contributed by atoms with Crippen molar-refractivity contribution < 1.29 is 0 Å². The third-order valence-corrected chi connectivity index (χ3v) is 4.60. The third kappa shape index (κ3) is 2.54. The van der Waals surface area contributed by atoms with Crippen LogP contribution < -0.4 is 10.6 Å². The first-order valence-electron chi connectivity index (χ1n) is 6.82. The van der Waals surface area contributed by atoms with E-state index < -0.39 is 0 Å². The van der Waals surface area contributed by atoms with Gasteiger partial charge in [-0.05, 0) is 69.4 Å². The van der Waals surface area contributed by atoms with E-state index >= 15 is 0 Å². The fourth-order valence-electron chi connectivity index (χ4n) is 3.10. The van der Waals surface area contributed by atoms with Gasteiger partial charge in [-0.2, -0.15) is 0 Å². The van der Waals surface area contributed by atoms with Gasteiger partial charge in [0.25, 0.3) is 0 Å². The second-order valence-corrected chi connectivity index (χ2v) is 5.98. The molecule has 2 aliphatic carbocycles. The molecule has 0 bridgehead atoms. The summed E-state index contributed by atoms with van der Waals surface area (Å²) in [5, 5.41) is 6.89. The Bertz CT molecular complexity index is 205. The van der Waals surface area contributed by atoms with E-state index in [0.29, 0.717) is 0 Å². The molecule has 15 heavy (non-hydrogen) atoms.